The largest absolute Gasteiger partial charge is 0.292 e. The van der Waals surface area contributed by atoms with Crippen molar-refractivity contribution in [1.82, 2.24) is 10.0 Å². The zero-order chi connectivity index (χ0) is 30.2. The molecule has 0 aromatic heterocycles. The lowest BCUT2D eigenvalue weighted by Gasteiger charge is -2.45. The number of nitrogens with zero attached hydrogens (tertiary/aromatic N) is 2. The third-order valence-corrected chi connectivity index (χ3v) is 9.68. The summed E-state index contributed by atoms with van der Waals surface area (Å²) < 4.78 is 0. The van der Waals surface area contributed by atoms with Crippen LogP contribution < -0.4 is 0 Å². The molecule has 43 heavy (non-hydrogen) atoms. The molecule has 0 N–H and O–H groups in total. The number of benzene rings is 4. The monoisotopic (exact) mass is 648 g/mol. The van der Waals surface area contributed by atoms with Crippen LogP contribution in [0.1, 0.15) is 54.8 Å². The Hall–Kier alpha value is -3.68. The van der Waals surface area contributed by atoms with E-state index in [-0.39, 0.29) is 33.0 Å². The SMILES string of the molecule is O=C(CN(C(=O)c1ccc(Cl)cc1Cl)N1C(=O)[C@@H]2C3c4ccccc4C(c4ccccc43)[C@@H]2C1=O)c1ccc(Cl)cc1Cl. The number of hydrazine groups is 1. The number of carbonyl (C=O) groups excluding carboxylic acids is 4. The predicted octanol–water partition coefficient (Wildman–Crippen LogP) is 7.43. The van der Waals surface area contributed by atoms with E-state index in [0.29, 0.717) is 10.0 Å². The van der Waals surface area contributed by atoms with Crippen molar-refractivity contribution in [2.24, 2.45) is 11.8 Å². The third-order valence-electron chi connectivity index (χ3n) is 8.59. The van der Waals surface area contributed by atoms with Crippen molar-refractivity contribution >= 4 is 69.9 Å². The van der Waals surface area contributed by atoms with E-state index in [4.69, 9.17) is 46.4 Å². The summed E-state index contributed by atoms with van der Waals surface area (Å²) in [5.41, 5.74) is 4.00. The van der Waals surface area contributed by atoms with Gasteiger partial charge in [0.25, 0.3) is 17.7 Å². The van der Waals surface area contributed by atoms with Crippen LogP contribution in [0.4, 0.5) is 0 Å². The van der Waals surface area contributed by atoms with Crippen LogP contribution in [0.25, 0.3) is 0 Å². The second-order valence-electron chi connectivity index (χ2n) is 10.8. The first-order valence-electron chi connectivity index (χ1n) is 13.5. The van der Waals surface area contributed by atoms with Crippen LogP contribution in [0.3, 0.4) is 0 Å². The van der Waals surface area contributed by atoms with Crippen molar-refractivity contribution in [3.05, 3.63) is 138 Å². The Bertz CT molecular complexity index is 1780. The predicted molar refractivity (Wildman–Crippen MR) is 164 cm³/mol. The molecule has 0 saturated carbocycles. The number of hydrogen-bond donors (Lipinski definition) is 0. The summed E-state index contributed by atoms with van der Waals surface area (Å²) in [5, 5.41) is 2.44. The van der Waals surface area contributed by atoms with Crippen molar-refractivity contribution in [3.8, 4) is 0 Å². The lowest BCUT2D eigenvalue weighted by atomic mass is 9.55. The number of carbonyl (C=O) groups is 4. The molecular formula is C33H20Cl4N2O4. The summed E-state index contributed by atoms with van der Waals surface area (Å²) >= 11 is 24.8. The minimum atomic E-state index is -0.803. The van der Waals surface area contributed by atoms with E-state index < -0.39 is 41.9 Å². The molecule has 214 valence electrons. The van der Waals surface area contributed by atoms with Crippen LogP contribution in [0.2, 0.25) is 20.1 Å². The Morgan fingerprint density at radius 2 is 1.05 bits per heavy atom. The van der Waals surface area contributed by atoms with Gasteiger partial charge in [-0.25, -0.2) is 5.01 Å². The number of amides is 3. The summed E-state index contributed by atoms with van der Waals surface area (Å²) in [7, 11) is 0. The highest BCUT2D eigenvalue weighted by molar-refractivity contribution is 6.37. The molecule has 0 spiro atoms. The van der Waals surface area contributed by atoms with Crippen LogP contribution in [0.15, 0.2) is 84.9 Å². The molecule has 4 aromatic carbocycles. The molecule has 1 fully saturated rings. The Balaban J connectivity index is 1.34. The van der Waals surface area contributed by atoms with Gasteiger partial charge in [-0.3, -0.25) is 19.2 Å². The van der Waals surface area contributed by atoms with Gasteiger partial charge in [-0.15, -0.1) is 0 Å². The number of hydrogen-bond acceptors (Lipinski definition) is 4. The Morgan fingerprint density at radius 3 is 1.47 bits per heavy atom. The van der Waals surface area contributed by atoms with Gasteiger partial charge in [-0.1, -0.05) is 94.9 Å². The molecule has 8 rings (SSSR count). The fraction of sp³-hybridized carbons (Fsp3) is 0.152. The van der Waals surface area contributed by atoms with E-state index in [1.54, 1.807) is 0 Å². The van der Waals surface area contributed by atoms with Crippen LogP contribution in [0, 0.1) is 11.8 Å². The van der Waals surface area contributed by atoms with Crippen molar-refractivity contribution in [3.63, 3.8) is 0 Å². The van der Waals surface area contributed by atoms with Gasteiger partial charge in [-0.2, -0.15) is 5.01 Å². The van der Waals surface area contributed by atoms with Crippen LogP contribution in [-0.2, 0) is 9.59 Å². The molecule has 10 heteroatoms. The molecule has 0 unspecified atom stereocenters. The fourth-order valence-corrected chi connectivity index (χ4v) is 7.87. The van der Waals surface area contributed by atoms with Gasteiger partial charge < -0.3 is 0 Å². The van der Waals surface area contributed by atoms with Gasteiger partial charge in [0.15, 0.2) is 5.78 Å². The van der Waals surface area contributed by atoms with Crippen molar-refractivity contribution < 1.29 is 19.2 Å². The first kappa shape index (κ1) is 28.1. The van der Waals surface area contributed by atoms with E-state index in [1.807, 2.05) is 48.5 Å². The minimum Gasteiger partial charge on any atom is -0.292 e. The lowest BCUT2D eigenvalue weighted by molar-refractivity contribution is -0.154. The fourth-order valence-electron chi connectivity index (χ4n) is 6.87. The van der Waals surface area contributed by atoms with E-state index in [9.17, 15) is 19.2 Å². The molecule has 2 bridgehead atoms. The Morgan fingerprint density at radius 1 is 0.628 bits per heavy atom. The van der Waals surface area contributed by atoms with Gasteiger partial charge in [0.2, 0.25) is 0 Å². The van der Waals surface area contributed by atoms with Crippen LogP contribution in [0.5, 0.6) is 0 Å². The average Bonchev–Trinajstić information content (AvgIpc) is 3.25. The Kier molecular flexibility index (Phi) is 6.86. The molecular weight excluding hydrogens is 630 g/mol. The molecule has 3 amide bonds. The van der Waals surface area contributed by atoms with Gasteiger partial charge in [0.1, 0.15) is 6.54 Å². The maximum absolute atomic E-state index is 14.4. The molecule has 0 radical (unpaired) electrons. The molecule has 2 atom stereocenters. The maximum atomic E-state index is 14.4. The second kappa shape index (κ2) is 10.5. The van der Waals surface area contributed by atoms with Gasteiger partial charge in [0, 0.05) is 27.4 Å². The van der Waals surface area contributed by atoms with E-state index in [0.717, 1.165) is 32.3 Å². The zero-order valence-corrected chi connectivity index (χ0v) is 25.2. The molecule has 4 aliphatic rings. The maximum Gasteiger partial charge on any atom is 0.274 e. The summed E-state index contributed by atoms with van der Waals surface area (Å²) in [6, 6.07) is 24.2. The first-order chi connectivity index (χ1) is 20.7. The summed E-state index contributed by atoms with van der Waals surface area (Å²) in [6.07, 6.45) is 0. The quantitative estimate of drug-likeness (QED) is 0.166. The number of imide groups is 1. The molecule has 1 heterocycles. The molecule has 1 saturated heterocycles. The summed E-state index contributed by atoms with van der Waals surface area (Å²) in [4.78, 5) is 56.6. The highest BCUT2D eigenvalue weighted by Gasteiger charge is 2.63. The summed E-state index contributed by atoms with van der Waals surface area (Å²) in [6.45, 7) is -0.648. The highest BCUT2D eigenvalue weighted by atomic mass is 35.5. The molecule has 4 aromatic rings. The smallest absolute Gasteiger partial charge is 0.274 e. The van der Waals surface area contributed by atoms with Crippen molar-refractivity contribution in [1.29, 1.82) is 0 Å². The zero-order valence-electron chi connectivity index (χ0n) is 22.1. The third kappa shape index (κ3) is 4.31. The first-order valence-corrected chi connectivity index (χ1v) is 15.0. The van der Waals surface area contributed by atoms with Crippen LogP contribution >= 0.6 is 46.4 Å². The normalized spacial score (nSPS) is 21.3. The number of rotatable bonds is 5. The van der Waals surface area contributed by atoms with Gasteiger partial charge in [0.05, 0.1) is 27.4 Å². The highest BCUT2D eigenvalue weighted by Crippen LogP contribution is 2.61. The second-order valence-corrected chi connectivity index (χ2v) is 12.5. The Labute approximate surface area is 266 Å². The van der Waals surface area contributed by atoms with E-state index in [2.05, 4.69) is 0 Å². The lowest BCUT2D eigenvalue weighted by Crippen LogP contribution is -2.52. The van der Waals surface area contributed by atoms with Crippen molar-refractivity contribution in [2.75, 3.05) is 6.54 Å². The number of ketones is 1. The van der Waals surface area contributed by atoms with E-state index >= 15 is 0 Å². The summed E-state index contributed by atoms with van der Waals surface area (Å²) in [5.74, 6) is -4.79. The standard InChI is InChI=1S/C33H20Cl4N2O4/c34-16-9-11-22(24(36)13-16)26(40)15-38(31(41)23-12-10-17(35)14-25(23)37)39-32(42)29-27-18-5-1-2-6-19(18)28(30(29)33(39)43)21-8-4-3-7-20(21)27/h1-14,27-30H,15H2/t27?,28?,29-,30+. The van der Waals surface area contributed by atoms with Gasteiger partial charge >= 0.3 is 0 Å². The number of Topliss-reactive ketones (excluding diaryl/α,β-unsaturated/α-hetero) is 1. The number of halogens is 4. The topological polar surface area (TPSA) is 74.8 Å². The van der Waals surface area contributed by atoms with E-state index in [1.165, 1.54) is 36.4 Å². The molecule has 1 aliphatic heterocycles. The molecule has 3 aliphatic carbocycles. The van der Waals surface area contributed by atoms with Gasteiger partial charge in [-0.05, 0) is 58.7 Å². The van der Waals surface area contributed by atoms with Crippen LogP contribution in [-0.4, -0.2) is 40.1 Å². The van der Waals surface area contributed by atoms with Crippen molar-refractivity contribution in [2.45, 2.75) is 11.8 Å². The average molecular weight is 650 g/mol. The minimum absolute atomic E-state index is 0.0101. The molecule has 6 nitrogen and oxygen atoms in total.